The zero-order chi connectivity index (χ0) is 14.8. The topological polar surface area (TPSA) is 45.1 Å². The number of aromatic nitrogens is 1. The molecule has 0 aliphatic rings. The molecule has 0 spiro atoms. The molecule has 0 bridgehead atoms. The maximum Gasteiger partial charge on any atom is 0.418 e. The van der Waals surface area contributed by atoms with Crippen LogP contribution in [0.15, 0.2) is 30.5 Å². The third kappa shape index (κ3) is 3.19. The van der Waals surface area contributed by atoms with Crippen molar-refractivity contribution < 1.29 is 18.3 Å². The summed E-state index contributed by atoms with van der Waals surface area (Å²) in [4.78, 5) is 3.84. The molecule has 108 valence electrons. The van der Waals surface area contributed by atoms with Crippen LogP contribution in [0, 0.1) is 0 Å². The molecular weight excluding hydrogens is 269 g/mol. The predicted octanol–water partition coefficient (Wildman–Crippen LogP) is 3.44. The lowest BCUT2D eigenvalue weighted by molar-refractivity contribution is -0.136. The molecule has 2 N–H and O–H groups in total. The number of aliphatic hydroxyl groups excluding tert-OH is 1. The number of fused-ring (bicyclic) bond motifs is 1. The fourth-order valence-corrected chi connectivity index (χ4v) is 1.97. The highest BCUT2D eigenvalue weighted by Crippen LogP contribution is 2.35. The number of hydrogen-bond donors (Lipinski definition) is 2. The third-order valence-corrected chi connectivity index (χ3v) is 2.95. The Labute approximate surface area is 114 Å². The Morgan fingerprint density at radius 1 is 1.30 bits per heavy atom. The van der Waals surface area contributed by atoms with E-state index >= 15 is 0 Å². The molecular formula is C14H15F3N2O. The average Bonchev–Trinajstić information content (AvgIpc) is 2.36. The van der Waals surface area contributed by atoms with E-state index in [0.717, 1.165) is 6.07 Å². The standard InChI is InChI=1S/C14H15F3N2O/c1-9(20)5-7-18-12-6-8-19-13-10(12)3-2-4-11(13)14(15,16)17/h2-4,6,8-9,20H,5,7H2,1H3,(H,18,19). The van der Waals surface area contributed by atoms with Gasteiger partial charge in [0, 0.05) is 23.8 Å². The van der Waals surface area contributed by atoms with E-state index in [1.165, 1.54) is 12.3 Å². The second-order valence-electron chi connectivity index (χ2n) is 4.62. The minimum atomic E-state index is -4.43. The van der Waals surface area contributed by atoms with Crippen LogP contribution in [0.4, 0.5) is 18.9 Å². The van der Waals surface area contributed by atoms with Gasteiger partial charge in [0.05, 0.1) is 17.2 Å². The van der Waals surface area contributed by atoms with Crippen LogP contribution in [0.25, 0.3) is 10.9 Å². The summed E-state index contributed by atoms with van der Waals surface area (Å²) in [7, 11) is 0. The van der Waals surface area contributed by atoms with Crippen molar-refractivity contribution in [2.24, 2.45) is 0 Å². The largest absolute Gasteiger partial charge is 0.418 e. The predicted molar refractivity (Wildman–Crippen MR) is 71.5 cm³/mol. The molecule has 0 aliphatic heterocycles. The molecule has 1 aromatic carbocycles. The molecule has 0 radical (unpaired) electrons. The Balaban J connectivity index is 2.38. The number of aliphatic hydroxyl groups is 1. The van der Waals surface area contributed by atoms with Crippen LogP contribution in [-0.2, 0) is 6.18 Å². The highest BCUT2D eigenvalue weighted by Gasteiger charge is 2.33. The summed E-state index contributed by atoms with van der Waals surface area (Å²) in [5, 5.41) is 12.6. The molecule has 0 amide bonds. The van der Waals surface area contributed by atoms with E-state index in [0.29, 0.717) is 24.0 Å². The number of alkyl halides is 3. The molecule has 20 heavy (non-hydrogen) atoms. The Hall–Kier alpha value is -1.82. The Morgan fingerprint density at radius 3 is 2.70 bits per heavy atom. The molecule has 0 fully saturated rings. The molecule has 0 aliphatic carbocycles. The fourth-order valence-electron chi connectivity index (χ4n) is 1.97. The molecule has 0 saturated heterocycles. The van der Waals surface area contributed by atoms with Crippen molar-refractivity contribution in [3.63, 3.8) is 0 Å². The van der Waals surface area contributed by atoms with Crippen molar-refractivity contribution in [1.29, 1.82) is 0 Å². The Morgan fingerprint density at radius 2 is 2.05 bits per heavy atom. The zero-order valence-electron chi connectivity index (χ0n) is 10.9. The van der Waals surface area contributed by atoms with E-state index in [9.17, 15) is 18.3 Å². The Kier molecular flexibility index (Phi) is 4.13. The monoisotopic (exact) mass is 284 g/mol. The van der Waals surface area contributed by atoms with E-state index in [4.69, 9.17) is 0 Å². The number of rotatable bonds is 4. The number of halogens is 3. The minimum absolute atomic E-state index is 0.0675. The van der Waals surface area contributed by atoms with Crippen LogP contribution in [0.3, 0.4) is 0 Å². The SMILES string of the molecule is CC(O)CCNc1ccnc2c(C(F)(F)F)cccc12. The van der Waals surface area contributed by atoms with Gasteiger partial charge in [-0.15, -0.1) is 0 Å². The highest BCUT2D eigenvalue weighted by molar-refractivity contribution is 5.93. The number of nitrogens with zero attached hydrogens (tertiary/aromatic N) is 1. The maximum absolute atomic E-state index is 12.9. The van der Waals surface area contributed by atoms with Gasteiger partial charge in [-0.25, -0.2) is 0 Å². The van der Waals surface area contributed by atoms with Gasteiger partial charge in [-0.2, -0.15) is 13.2 Å². The first-order valence-electron chi connectivity index (χ1n) is 6.26. The van der Waals surface area contributed by atoms with Crippen molar-refractivity contribution in [3.8, 4) is 0 Å². The quantitative estimate of drug-likeness (QED) is 0.904. The van der Waals surface area contributed by atoms with Crippen LogP contribution < -0.4 is 5.32 Å². The number of pyridine rings is 1. The van der Waals surface area contributed by atoms with Crippen LogP contribution in [-0.4, -0.2) is 22.7 Å². The highest BCUT2D eigenvalue weighted by atomic mass is 19.4. The van der Waals surface area contributed by atoms with Crippen molar-refractivity contribution in [1.82, 2.24) is 4.98 Å². The summed E-state index contributed by atoms with van der Waals surface area (Å²) in [6, 6.07) is 5.62. The molecule has 1 aromatic heterocycles. The van der Waals surface area contributed by atoms with Gasteiger partial charge in [-0.1, -0.05) is 12.1 Å². The van der Waals surface area contributed by atoms with Gasteiger partial charge < -0.3 is 10.4 Å². The Bertz CT molecular complexity index is 596. The van der Waals surface area contributed by atoms with Gasteiger partial charge in [0.15, 0.2) is 0 Å². The zero-order valence-corrected chi connectivity index (χ0v) is 10.9. The van der Waals surface area contributed by atoms with Gasteiger partial charge in [-0.05, 0) is 25.5 Å². The van der Waals surface area contributed by atoms with E-state index in [1.807, 2.05) is 0 Å². The molecule has 1 atom stereocenters. The van der Waals surface area contributed by atoms with Crippen LogP contribution in [0.1, 0.15) is 18.9 Å². The summed E-state index contributed by atoms with van der Waals surface area (Å²) in [5.74, 6) is 0. The summed E-state index contributed by atoms with van der Waals surface area (Å²) in [5.41, 5.74) is -0.224. The summed E-state index contributed by atoms with van der Waals surface area (Å²) < 4.78 is 38.7. The van der Waals surface area contributed by atoms with Crippen molar-refractivity contribution in [3.05, 3.63) is 36.0 Å². The van der Waals surface area contributed by atoms with Gasteiger partial charge >= 0.3 is 6.18 Å². The number of hydrogen-bond acceptors (Lipinski definition) is 3. The van der Waals surface area contributed by atoms with Gasteiger partial charge in [0.2, 0.25) is 0 Å². The second-order valence-corrected chi connectivity index (χ2v) is 4.62. The average molecular weight is 284 g/mol. The molecule has 1 unspecified atom stereocenters. The first-order chi connectivity index (χ1) is 9.39. The third-order valence-electron chi connectivity index (χ3n) is 2.95. The summed E-state index contributed by atoms with van der Waals surface area (Å²) >= 11 is 0. The normalized spacial score (nSPS) is 13.4. The smallest absolute Gasteiger partial charge is 0.393 e. The molecule has 2 rings (SSSR count). The number of anilines is 1. The van der Waals surface area contributed by atoms with E-state index < -0.39 is 17.8 Å². The maximum atomic E-state index is 12.9. The fraction of sp³-hybridized carbons (Fsp3) is 0.357. The molecule has 0 saturated carbocycles. The number of para-hydroxylation sites is 1. The number of nitrogens with one attached hydrogen (secondary N) is 1. The van der Waals surface area contributed by atoms with E-state index in [2.05, 4.69) is 10.3 Å². The minimum Gasteiger partial charge on any atom is -0.393 e. The molecule has 3 nitrogen and oxygen atoms in total. The lowest BCUT2D eigenvalue weighted by atomic mass is 10.1. The molecule has 6 heteroatoms. The van der Waals surface area contributed by atoms with Crippen molar-refractivity contribution >= 4 is 16.6 Å². The summed E-state index contributed by atoms with van der Waals surface area (Å²) in [6.45, 7) is 2.14. The van der Waals surface area contributed by atoms with Gasteiger partial charge in [0.1, 0.15) is 0 Å². The first-order valence-corrected chi connectivity index (χ1v) is 6.26. The van der Waals surface area contributed by atoms with Crippen LogP contribution in [0.2, 0.25) is 0 Å². The number of benzene rings is 1. The van der Waals surface area contributed by atoms with E-state index in [1.54, 1.807) is 19.1 Å². The second kappa shape index (κ2) is 5.66. The lowest BCUT2D eigenvalue weighted by Crippen LogP contribution is -2.11. The molecule has 2 aromatic rings. The first kappa shape index (κ1) is 14.6. The van der Waals surface area contributed by atoms with Crippen molar-refractivity contribution in [2.45, 2.75) is 25.6 Å². The van der Waals surface area contributed by atoms with Crippen LogP contribution >= 0.6 is 0 Å². The van der Waals surface area contributed by atoms with Crippen molar-refractivity contribution in [2.75, 3.05) is 11.9 Å². The summed E-state index contributed by atoms with van der Waals surface area (Å²) in [6.07, 6.45) is -3.02. The van der Waals surface area contributed by atoms with Gasteiger partial charge in [0.25, 0.3) is 0 Å². The van der Waals surface area contributed by atoms with Gasteiger partial charge in [-0.3, -0.25) is 4.98 Å². The molecule has 1 heterocycles. The van der Waals surface area contributed by atoms with Crippen LogP contribution in [0.5, 0.6) is 0 Å². The van der Waals surface area contributed by atoms with E-state index in [-0.39, 0.29) is 5.52 Å². The lowest BCUT2D eigenvalue weighted by Gasteiger charge is -2.13.